The summed E-state index contributed by atoms with van der Waals surface area (Å²) in [6.45, 7) is 4.76. The van der Waals surface area contributed by atoms with E-state index < -0.39 is 5.92 Å². The number of carbonyl (C=O) groups is 1. The first-order chi connectivity index (χ1) is 15.3. The van der Waals surface area contributed by atoms with E-state index in [2.05, 4.69) is 41.4 Å². The third-order valence-corrected chi connectivity index (χ3v) is 5.59. The molecule has 1 N–H and O–H groups in total. The van der Waals surface area contributed by atoms with E-state index in [4.69, 9.17) is 0 Å². The van der Waals surface area contributed by atoms with Crippen molar-refractivity contribution < 1.29 is 13.6 Å². The summed E-state index contributed by atoms with van der Waals surface area (Å²) in [5.41, 5.74) is 3.64. The molecular formula is C24H27F2N5O. The van der Waals surface area contributed by atoms with Crippen molar-refractivity contribution in [2.24, 2.45) is 0 Å². The number of carbonyl (C=O) groups excluding carboxylic acids is 1. The monoisotopic (exact) mass is 439 g/mol. The maximum Gasteiger partial charge on any atom is 0.266 e. The Bertz CT molecular complexity index is 1060. The minimum Gasteiger partial charge on any atom is -0.364 e. The zero-order chi connectivity index (χ0) is 22.7. The summed E-state index contributed by atoms with van der Waals surface area (Å²) in [5, 5.41) is 7.20. The van der Waals surface area contributed by atoms with Crippen molar-refractivity contribution in [1.29, 1.82) is 0 Å². The molecule has 1 aliphatic rings. The van der Waals surface area contributed by atoms with Crippen LogP contribution in [0, 0.1) is 0 Å². The highest BCUT2D eigenvalue weighted by Crippen LogP contribution is 2.30. The van der Waals surface area contributed by atoms with E-state index in [1.165, 1.54) is 5.56 Å². The fourth-order valence-electron chi connectivity index (χ4n) is 3.73. The third-order valence-electron chi connectivity index (χ3n) is 5.59. The number of aromatic nitrogens is 3. The molecule has 168 valence electrons. The van der Waals surface area contributed by atoms with E-state index in [0.717, 1.165) is 11.3 Å². The fourth-order valence-corrected chi connectivity index (χ4v) is 3.73. The topological polar surface area (TPSA) is 63.1 Å². The van der Waals surface area contributed by atoms with Gasteiger partial charge in [0, 0.05) is 25.2 Å². The summed E-state index contributed by atoms with van der Waals surface area (Å²) in [4.78, 5) is 18.4. The Morgan fingerprint density at radius 1 is 1.16 bits per heavy atom. The standard InChI is InChI=1S/C24H27F2N5O/c1-17(2)19-5-3-18(4-6-19)13-23(32)28-22-9-11-31(29-22)15-20-7-8-21(14-27-20)30-12-10-24(25,26)16-30/h3-9,11,14,17H,10,12-13,15-16H2,1-2H3,(H,28,29,32). The van der Waals surface area contributed by atoms with Crippen molar-refractivity contribution >= 4 is 17.4 Å². The van der Waals surface area contributed by atoms with Gasteiger partial charge in [0.15, 0.2) is 5.82 Å². The van der Waals surface area contributed by atoms with Gasteiger partial charge in [-0.05, 0) is 29.2 Å². The number of hydrogen-bond acceptors (Lipinski definition) is 4. The van der Waals surface area contributed by atoms with Crippen molar-refractivity contribution in [3.8, 4) is 0 Å². The molecule has 2 aromatic heterocycles. The largest absolute Gasteiger partial charge is 0.364 e. The molecule has 0 spiro atoms. The number of halogens is 2. The van der Waals surface area contributed by atoms with Gasteiger partial charge in [-0.3, -0.25) is 14.5 Å². The van der Waals surface area contributed by atoms with Crippen LogP contribution in [0.1, 0.15) is 43.0 Å². The summed E-state index contributed by atoms with van der Waals surface area (Å²) >= 11 is 0. The molecule has 1 fully saturated rings. The van der Waals surface area contributed by atoms with Crippen LogP contribution in [0.5, 0.6) is 0 Å². The Morgan fingerprint density at radius 2 is 1.94 bits per heavy atom. The molecule has 0 atom stereocenters. The number of benzene rings is 1. The molecule has 3 heterocycles. The molecule has 1 aliphatic heterocycles. The smallest absolute Gasteiger partial charge is 0.266 e. The lowest BCUT2D eigenvalue weighted by molar-refractivity contribution is -0.115. The van der Waals surface area contributed by atoms with Gasteiger partial charge < -0.3 is 10.2 Å². The molecule has 32 heavy (non-hydrogen) atoms. The Labute approximate surface area is 186 Å². The number of anilines is 2. The fraction of sp³-hybridized carbons (Fsp3) is 0.375. The Balaban J connectivity index is 1.30. The number of rotatable bonds is 7. The number of nitrogens with one attached hydrogen (secondary N) is 1. The van der Waals surface area contributed by atoms with Crippen molar-refractivity contribution in [1.82, 2.24) is 14.8 Å². The molecule has 0 bridgehead atoms. The highest BCUT2D eigenvalue weighted by Gasteiger charge is 2.38. The number of amides is 1. The van der Waals surface area contributed by atoms with Crippen molar-refractivity contribution in [2.75, 3.05) is 23.3 Å². The summed E-state index contributed by atoms with van der Waals surface area (Å²) in [6, 6.07) is 13.4. The summed E-state index contributed by atoms with van der Waals surface area (Å²) in [6.07, 6.45) is 3.54. The molecule has 1 aromatic carbocycles. The highest BCUT2D eigenvalue weighted by molar-refractivity contribution is 5.91. The highest BCUT2D eigenvalue weighted by atomic mass is 19.3. The lowest BCUT2D eigenvalue weighted by Crippen LogP contribution is -2.24. The zero-order valence-electron chi connectivity index (χ0n) is 18.3. The molecule has 4 rings (SSSR count). The van der Waals surface area contributed by atoms with Gasteiger partial charge in [0.2, 0.25) is 5.91 Å². The van der Waals surface area contributed by atoms with Crippen LogP contribution in [0.25, 0.3) is 0 Å². The lowest BCUT2D eigenvalue weighted by atomic mass is 10.0. The van der Waals surface area contributed by atoms with Gasteiger partial charge in [-0.25, -0.2) is 8.78 Å². The molecular weight excluding hydrogens is 412 g/mol. The lowest BCUT2D eigenvalue weighted by Gasteiger charge is -2.17. The third kappa shape index (κ3) is 5.49. The van der Waals surface area contributed by atoms with Crippen LogP contribution >= 0.6 is 0 Å². The van der Waals surface area contributed by atoms with E-state index in [1.54, 1.807) is 34.1 Å². The van der Waals surface area contributed by atoms with Gasteiger partial charge in [-0.2, -0.15) is 5.10 Å². The van der Waals surface area contributed by atoms with Gasteiger partial charge >= 0.3 is 0 Å². The predicted molar refractivity (Wildman–Crippen MR) is 120 cm³/mol. The molecule has 0 saturated carbocycles. The molecule has 8 heteroatoms. The first-order valence-corrected chi connectivity index (χ1v) is 10.8. The second-order valence-corrected chi connectivity index (χ2v) is 8.56. The maximum atomic E-state index is 13.4. The van der Waals surface area contributed by atoms with Crippen molar-refractivity contribution in [2.45, 2.75) is 45.1 Å². The SMILES string of the molecule is CC(C)c1ccc(CC(=O)Nc2ccn(Cc3ccc(N4CCC(F)(F)C4)cn3)n2)cc1. The summed E-state index contributed by atoms with van der Waals surface area (Å²) < 4.78 is 28.5. The molecule has 0 unspecified atom stereocenters. The van der Waals surface area contributed by atoms with E-state index in [-0.39, 0.29) is 25.3 Å². The number of hydrogen-bond donors (Lipinski definition) is 1. The van der Waals surface area contributed by atoms with Crippen LogP contribution in [-0.2, 0) is 17.8 Å². The van der Waals surface area contributed by atoms with Gasteiger partial charge in [-0.15, -0.1) is 0 Å². The molecule has 3 aromatic rings. The Morgan fingerprint density at radius 3 is 2.56 bits per heavy atom. The number of pyridine rings is 1. The number of nitrogens with zero attached hydrogens (tertiary/aromatic N) is 4. The minimum absolute atomic E-state index is 0.125. The van der Waals surface area contributed by atoms with Crippen molar-refractivity contribution in [3.63, 3.8) is 0 Å². The normalized spacial score (nSPS) is 15.3. The first-order valence-electron chi connectivity index (χ1n) is 10.8. The average molecular weight is 440 g/mol. The van der Waals surface area contributed by atoms with E-state index in [9.17, 15) is 13.6 Å². The van der Waals surface area contributed by atoms with Gasteiger partial charge in [0.25, 0.3) is 5.92 Å². The van der Waals surface area contributed by atoms with Crippen molar-refractivity contribution in [3.05, 3.63) is 71.7 Å². The first kappa shape index (κ1) is 21.9. The molecule has 0 radical (unpaired) electrons. The van der Waals surface area contributed by atoms with Crippen LogP contribution in [-0.4, -0.2) is 39.7 Å². The molecule has 6 nitrogen and oxygen atoms in total. The predicted octanol–water partition coefficient (Wildman–Crippen LogP) is 4.48. The molecule has 1 saturated heterocycles. The maximum absolute atomic E-state index is 13.4. The minimum atomic E-state index is -2.63. The van der Waals surface area contributed by atoms with Gasteiger partial charge in [0.1, 0.15) is 0 Å². The van der Waals surface area contributed by atoms with Crippen LogP contribution < -0.4 is 10.2 Å². The van der Waals surface area contributed by atoms with Gasteiger partial charge in [0.05, 0.1) is 37.1 Å². The van der Waals surface area contributed by atoms with E-state index in [0.29, 0.717) is 30.5 Å². The number of alkyl halides is 2. The van der Waals surface area contributed by atoms with Crippen LogP contribution in [0.3, 0.4) is 0 Å². The Hall–Kier alpha value is -3.29. The van der Waals surface area contributed by atoms with E-state index in [1.807, 2.05) is 18.2 Å². The molecule has 1 amide bonds. The van der Waals surface area contributed by atoms with Crippen LogP contribution in [0.2, 0.25) is 0 Å². The van der Waals surface area contributed by atoms with Gasteiger partial charge in [-0.1, -0.05) is 38.1 Å². The summed E-state index contributed by atoms with van der Waals surface area (Å²) in [7, 11) is 0. The van der Waals surface area contributed by atoms with Crippen LogP contribution in [0.15, 0.2) is 54.9 Å². The van der Waals surface area contributed by atoms with Crippen LogP contribution in [0.4, 0.5) is 20.3 Å². The summed E-state index contributed by atoms with van der Waals surface area (Å²) in [5.74, 6) is -1.83. The van der Waals surface area contributed by atoms with E-state index >= 15 is 0 Å². The zero-order valence-corrected chi connectivity index (χ0v) is 18.3. The second kappa shape index (κ2) is 9.06. The average Bonchev–Trinajstić information content (AvgIpc) is 3.34. The Kier molecular flexibility index (Phi) is 6.21. The quantitative estimate of drug-likeness (QED) is 0.590. The second-order valence-electron chi connectivity index (χ2n) is 8.56. The molecule has 0 aliphatic carbocycles.